The fourth-order valence-electron chi connectivity index (χ4n) is 3.38. The molecule has 2 aliphatic carbocycles. The van der Waals surface area contributed by atoms with Gasteiger partial charge in [0.2, 0.25) is 0 Å². The number of hydrogen-bond donors (Lipinski definition) is 1. The van der Waals surface area contributed by atoms with E-state index >= 15 is 0 Å². The van der Waals surface area contributed by atoms with Gasteiger partial charge in [-0.3, -0.25) is 4.99 Å². The van der Waals surface area contributed by atoms with E-state index in [2.05, 4.69) is 19.2 Å². The van der Waals surface area contributed by atoms with Gasteiger partial charge in [-0.25, -0.2) is 0 Å². The van der Waals surface area contributed by atoms with Crippen molar-refractivity contribution >= 4 is 16.9 Å². The Hall–Kier alpha value is -0.180. The average molecular weight is 266 g/mol. The lowest BCUT2D eigenvalue weighted by Gasteiger charge is -2.35. The molecule has 2 nitrogen and oxygen atoms in total. The van der Waals surface area contributed by atoms with Crippen LogP contribution in [0.5, 0.6) is 0 Å². The summed E-state index contributed by atoms with van der Waals surface area (Å²) in [7, 11) is 0. The number of rotatable bonds is 3. The lowest BCUT2D eigenvalue weighted by Crippen LogP contribution is -2.46. The second-order valence-corrected chi connectivity index (χ2v) is 7.63. The zero-order chi connectivity index (χ0) is 12.6. The zero-order valence-electron chi connectivity index (χ0n) is 11.7. The van der Waals surface area contributed by atoms with Crippen molar-refractivity contribution in [1.82, 2.24) is 5.32 Å². The lowest BCUT2D eigenvalue weighted by atomic mass is 9.78. The van der Waals surface area contributed by atoms with Crippen molar-refractivity contribution in [2.75, 3.05) is 5.75 Å². The fourth-order valence-corrected chi connectivity index (χ4v) is 4.65. The second kappa shape index (κ2) is 5.07. The Balaban J connectivity index is 1.54. The van der Waals surface area contributed by atoms with Crippen LogP contribution in [0.25, 0.3) is 0 Å². The molecule has 3 rings (SSSR count). The molecule has 18 heavy (non-hydrogen) atoms. The molecular weight excluding hydrogens is 240 g/mol. The van der Waals surface area contributed by atoms with Crippen LogP contribution < -0.4 is 5.32 Å². The van der Waals surface area contributed by atoms with Crippen molar-refractivity contribution in [3.63, 3.8) is 0 Å². The first kappa shape index (κ1) is 12.8. The highest BCUT2D eigenvalue weighted by Crippen LogP contribution is 2.41. The fraction of sp³-hybridized carbons (Fsp3) is 0.933. The number of amidine groups is 1. The molecule has 2 unspecified atom stereocenters. The molecule has 3 heteroatoms. The predicted molar refractivity (Wildman–Crippen MR) is 80.2 cm³/mol. The Morgan fingerprint density at radius 2 is 2.17 bits per heavy atom. The Labute approximate surface area is 115 Å². The third-order valence-electron chi connectivity index (χ3n) is 4.92. The molecule has 1 saturated heterocycles. The molecule has 1 spiro atoms. The molecule has 1 heterocycles. The molecule has 102 valence electrons. The second-order valence-electron chi connectivity index (χ2n) is 6.66. The summed E-state index contributed by atoms with van der Waals surface area (Å²) in [6.07, 6.45) is 9.50. The van der Waals surface area contributed by atoms with Crippen LogP contribution in [0.4, 0.5) is 0 Å². The first-order chi connectivity index (χ1) is 8.71. The molecular formula is C15H26N2S. The van der Waals surface area contributed by atoms with Crippen LogP contribution in [-0.4, -0.2) is 22.5 Å². The number of thioether (sulfide) groups is 1. The summed E-state index contributed by atoms with van der Waals surface area (Å²) in [6, 6.07) is 0.651. The standard InChI is InChI=1S/C15H26N2S/c1-3-4-12-9-13(12)16-14-17-15(10-18-14)7-5-11(2)6-8-15/h11-13H,3-10H2,1-2H3,(H,16,17). The molecule has 0 amide bonds. The number of nitrogens with zero attached hydrogens (tertiary/aromatic N) is 1. The smallest absolute Gasteiger partial charge is 0.157 e. The third kappa shape index (κ3) is 2.71. The maximum Gasteiger partial charge on any atom is 0.157 e. The molecule has 0 aromatic rings. The Bertz CT molecular complexity index is 331. The van der Waals surface area contributed by atoms with Gasteiger partial charge in [-0.05, 0) is 50.4 Å². The van der Waals surface area contributed by atoms with Crippen LogP contribution in [0.2, 0.25) is 0 Å². The predicted octanol–water partition coefficient (Wildman–Crippen LogP) is 3.82. The van der Waals surface area contributed by atoms with Crippen molar-refractivity contribution in [3.8, 4) is 0 Å². The Morgan fingerprint density at radius 3 is 2.89 bits per heavy atom. The molecule has 0 aromatic heterocycles. The highest BCUT2D eigenvalue weighted by molar-refractivity contribution is 8.14. The molecule has 2 saturated carbocycles. The molecule has 2 atom stereocenters. The molecule has 3 aliphatic rings. The minimum atomic E-state index is 0.408. The maximum absolute atomic E-state index is 4.92. The van der Waals surface area contributed by atoms with E-state index in [0.29, 0.717) is 11.6 Å². The average Bonchev–Trinajstić information content (AvgIpc) is 2.96. The zero-order valence-corrected chi connectivity index (χ0v) is 12.6. The van der Waals surface area contributed by atoms with E-state index < -0.39 is 0 Å². The molecule has 0 aromatic carbocycles. The summed E-state index contributed by atoms with van der Waals surface area (Å²) in [5, 5.41) is 5.03. The van der Waals surface area contributed by atoms with Gasteiger partial charge < -0.3 is 5.32 Å². The molecule has 3 fully saturated rings. The highest BCUT2D eigenvalue weighted by atomic mass is 32.2. The van der Waals surface area contributed by atoms with Crippen LogP contribution in [0, 0.1) is 11.8 Å². The topological polar surface area (TPSA) is 24.4 Å². The van der Waals surface area contributed by atoms with Crippen molar-refractivity contribution in [2.45, 2.75) is 70.4 Å². The van der Waals surface area contributed by atoms with E-state index in [-0.39, 0.29) is 0 Å². The van der Waals surface area contributed by atoms with Gasteiger partial charge in [0.05, 0.1) is 6.04 Å². The Morgan fingerprint density at radius 1 is 1.39 bits per heavy atom. The highest BCUT2D eigenvalue weighted by Gasteiger charge is 2.42. The normalized spacial score (nSPS) is 45.4. The van der Waals surface area contributed by atoms with E-state index in [9.17, 15) is 0 Å². The minimum Gasteiger partial charge on any atom is -0.359 e. The van der Waals surface area contributed by atoms with Gasteiger partial charge in [0.25, 0.3) is 0 Å². The van der Waals surface area contributed by atoms with Crippen molar-refractivity contribution in [3.05, 3.63) is 0 Å². The molecule has 1 N–H and O–H groups in total. The number of aliphatic imine (C=N–C) groups is 1. The largest absolute Gasteiger partial charge is 0.359 e. The molecule has 0 radical (unpaired) electrons. The van der Waals surface area contributed by atoms with Gasteiger partial charge in [-0.2, -0.15) is 0 Å². The summed E-state index contributed by atoms with van der Waals surface area (Å²) in [5.41, 5.74) is 0.408. The summed E-state index contributed by atoms with van der Waals surface area (Å²) in [6.45, 7) is 4.67. The van der Waals surface area contributed by atoms with Gasteiger partial charge in [0.15, 0.2) is 5.17 Å². The van der Waals surface area contributed by atoms with Gasteiger partial charge >= 0.3 is 0 Å². The quantitative estimate of drug-likeness (QED) is 0.840. The van der Waals surface area contributed by atoms with Gasteiger partial charge in [0.1, 0.15) is 0 Å². The Kier molecular flexibility index (Phi) is 3.61. The van der Waals surface area contributed by atoms with E-state index in [4.69, 9.17) is 4.99 Å². The summed E-state index contributed by atoms with van der Waals surface area (Å²) >= 11 is 1.98. The van der Waals surface area contributed by atoms with Gasteiger partial charge in [0, 0.05) is 11.3 Å². The van der Waals surface area contributed by atoms with Crippen LogP contribution in [0.3, 0.4) is 0 Å². The molecule has 0 bridgehead atoms. The maximum atomic E-state index is 4.92. The van der Waals surface area contributed by atoms with Gasteiger partial charge in [-0.15, -0.1) is 0 Å². The number of nitrogens with one attached hydrogen (secondary N) is 1. The van der Waals surface area contributed by atoms with E-state index in [1.807, 2.05) is 11.8 Å². The summed E-state index contributed by atoms with van der Waals surface area (Å²) in [5.74, 6) is 3.08. The first-order valence-corrected chi connectivity index (χ1v) is 8.68. The van der Waals surface area contributed by atoms with Crippen molar-refractivity contribution < 1.29 is 0 Å². The lowest BCUT2D eigenvalue weighted by molar-refractivity contribution is 0.251. The minimum absolute atomic E-state index is 0.408. The summed E-state index contributed by atoms with van der Waals surface area (Å²) < 4.78 is 0. The van der Waals surface area contributed by atoms with Crippen molar-refractivity contribution in [1.29, 1.82) is 0 Å². The van der Waals surface area contributed by atoms with E-state index in [1.54, 1.807) is 0 Å². The van der Waals surface area contributed by atoms with Crippen LogP contribution in [0.15, 0.2) is 4.99 Å². The SMILES string of the molecule is CCCC1CC1N=C1NC2(CCC(C)CC2)CS1. The van der Waals surface area contributed by atoms with E-state index in [1.165, 1.54) is 55.9 Å². The van der Waals surface area contributed by atoms with Gasteiger partial charge in [-0.1, -0.05) is 32.0 Å². The van der Waals surface area contributed by atoms with Crippen LogP contribution in [0.1, 0.15) is 58.8 Å². The first-order valence-electron chi connectivity index (χ1n) is 7.69. The van der Waals surface area contributed by atoms with Crippen LogP contribution in [-0.2, 0) is 0 Å². The third-order valence-corrected chi connectivity index (χ3v) is 6.09. The van der Waals surface area contributed by atoms with Crippen LogP contribution >= 0.6 is 11.8 Å². The molecule has 1 aliphatic heterocycles. The monoisotopic (exact) mass is 266 g/mol. The number of hydrogen-bond acceptors (Lipinski definition) is 2. The summed E-state index contributed by atoms with van der Waals surface area (Å²) in [4.78, 5) is 4.92. The van der Waals surface area contributed by atoms with E-state index in [0.717, 1.165) is 11.8 Å². The van der Waals surface area contributed by atoms with Crippen molar-refractivity contribution in [2.24, 2.45) is 16.8 Å².